The molecule has 2 aliphatic rings. The number of esters is 4. The first-order chi connectivity index (χ1) is 19.1. The van der Waals surface area contributed by atoms with Crippen LogP contribution in [0.5, 0.6) is 0 Å². The van der Waals surface area contributed by atoms with E-state index in [1.807, 2.05) is 24.3 Å². The van der Waals surface area contributed by atoms with Crippen molar-refractivity contribution in [3.63, 3.8) is 0 Å². The van der Waals surface area contributed by atoms with Crippen molar-refractivity contribution in [2.75, 3.05) is 26.4 Å². The predicted molar refractivity (Wildman–Crippen MR) is 149 cm³/mol. The second-order valence-corrected chi connectivity index (χ2v) is 10.7. The molecule has 0 aromatic heterocycles. The molecule has 8 nitrogen and oxygen atoms in total. The molecule has 2 atom stereocenters. The van der Waals surface area contributed by atoms with Gasteiger partial charge in [0.15, 0.2) is 10.8 Å². The second kappa shape index (κ2) is 13.3. The van der Waals surface area contributed by atoms with E-state index >= 15 is 0 Å². The zero-order valence-electron chi connectivity index (χ0n) is 24.2. The Labute approximate surface area is 237 Å². The number of allylic oxidation sites excluding steroid dienone is 2. The third-order valence-electron chi connectivity index (χ3n) is 8.05. The maximum Gasteiger partial charge on any atom is 0.323 e. The monoisotopic (exact) mass is 554 g/mol. The third-order valence-corrected chi connectivity index (χ3v) is 8.05. The van der Waals surface area contributed by atoms with Crippen LogP contribution in [-0.2, 0) is 51.0 Å². The van der Waals surface area contributed by atoms with E-state index in [9.17, 15) is 19.2 Å². The van der Waals surface area contributed by atoms with E-state index in [1.165, 1.54) is 0 Å². The van der Waals surface area contributed by atoms with Gasteiger partial charge in [0, 0.05) is 0 Å². The van der Waals surface area contributed by atoms with Crippen LogP contribution >= 0.6 is 0 Å². The fraction of sp³-hybridized carbons (Fsp3) is 0.562. The molecule has 2 unspecified atom stereocenters. The fourth-order valence-corrected chi connectivity index (χ4v) is 6.02. The van der Waals surface area contributed by atoms with Gasteiger partial charge in [-0.25, -0.2) is 0 Å². The molecular weight excluding hydrogens is 512 g/mol. The number of carbonyl (C=O) groups excluding carboxylic acids is 4. The summed E-state index contributed by atoms with van der Waals surface area (Å²) in [5, 5.41) is 0. The average Bonchev–Trinajstić information content (AvgIpc) is 3.44. The summed E-state index contributed by atoms with van der Waals surface area (Å²) in [6, 6.07) is 8.11. The number of hydrogen-bond acceptors (Lipinski definition) is 8. The van der Waals surface area contributed by atoms with E-state index in [0.717, 1.165) is 22.3 Å². The summed E-state index contributed by atoms with van der Waals surface area (Å²) in [6.45, 7) is 16.0. The van der Waals surface area contributed by atoms with E-state index in [1.54, 1.807) is 27.7 Å². The molecule has 0 bridgehead atoms. The zero-order chi connectivity index (χ0) is 29.5. The van der Waals surface area contributed by atoms with Gasteiger partial charge < -0.3 is 18.9 Å². The highest BCUT2D eigenvalue weighted by molar-refractivity contribution is 6.01. The normalized spacial score (nSPS) is 21.1. The molecule has 1 aromatic rings. The molecule has 2 fully saturated rings. The van der Waals surface area contributed by atoms with Crippen LogP contribution in [0.1, 0.15) is 64.5 Å². The average molecular weight is 555 g/mol. The molecule has 0 saturated heterocycles. The maximum atomic E-state index is 12.8. The van der Waals surface area contributed by atoms with Crippen molar-refractivity contribution in [1.29, 1.82) is 0 Å². The Morgan fingerprint density at radius 1 is 0.625 bits per heavy atom. The van der Waals surface area contributed by atoms with Crippen molar-refractivity contribution >= 4 is 23.9 Å². The van der Waals surface area contributed by atoms with E-state index in [2.05, 4.69) is 13.2 Å². The summed E-state index contributed by atoms with van der Waals surface area (Å²) in [7, 11) is 0. The topological polar surface area (TPSA) is 105 Å². The number of ether oxygens (including phenoxy) is 4. The maximum absolute atomic E-state index is 12.8. The molecule has 8 heteroatoms. The summed E-state index contributed by atoms with van der Waals surface area (Å²) in [6.07, 6.45) is 2.31. The fourth-order valence-electron chi connectivity index (χ4n) is 6.02. The van der Waals surface area contributed by atoms with Gasteiger partial charge in [0.2, 0.25) is 0 Å². The molecule has 218 valence electrons. The van der Waals surface area contributed by atoms with Crippen LogP contribution in [0, 0.1) is 22.7 Å². The Hall–Kier alpha value is -3.42. The van der Waals surface area contributed by atoms with Gasteiger partial charge >= 0.3 is 23.9 Å². The molecule has 40 heavy (non-hydrogen) atoms. The van der Waals surface area contributed by atoms with Crippen LogP contribution in [0.25, 0.3) is 0 Å². The van der Waals surface area contributed by atoms with Crippen LogP contribution in [0.15, 0.2) is 48.6 Å². The predicted octanol–water partition coefficient (Wildman–Crippen LogP) is 4.93. The van der Waals surface area contributed by atoms with Crippen LogP contribution in [-0.4, -0.2) is 50.3 Å². The van der Waals surface area contributed by atoms with E-state index < -0.39 is 34.7 Å². The number of hydrogen-bond donors (Lipinski definition) is 0. The van der Waals surface area contributed by atoms with Crippen molar-refractivity contribution < 1.29 is 38.1 Å². The largest absolute Gasteiger partial charge is 0.465 e. The molecule has 0 heterocycles. The highest BCUT2D eigenvalue weighted by Crippen LogP contribution is 2.49. The Balaban J connectivity index is 1.71. The van der Waals surface area contributed by atoms with Gasteiger partial charge in [0.1, 0.15) is 0 Å². The van der Waals surface area contributed by atoms with Crippen molar-refractivity contribution in [2.24, 2.45) is 22.7 Å². The third kappa shape index (κ3) is 6.31. The SMILES string of the molecule is C=C1CC(C(=O)OCC)(C(=O)OCC)CC1Cc1ccc(CC2CC(C(=O)OCC)(C(=O)OCC)CC2=C)cc1. The van der Waals surface area contributed by atoms with Crippen molar-refractivity contribution in [1.82, 2.24) is 0 Å². The Bertz CT molecular complexity index is 1010. The second-order valence-electron chi connectivity index (χ2n) is 10.7. The molecule has 0 aliphatic heterocycles. The van der Waals surface area contributed by atoms with Gasteiger partial charge in [-0.05, 0) is 89.2 Å². The lowest BCUT2D eigenvalue weighted by Gasteiger charge is -2.24. The minimum atomic E-state index is -1.35. The van der Waals surface area contributed by atoms with Crippen LogP contribution in [0.2, 0.25) is 0 Å². The molecule has 0 N–H and O–H groups in total. The summed E-state index contributed by atoms with van der Waals surface area (Å²) in [4.78, 5) is 51.3. The van der Waals surface area contributed by atoms with Crippen molar-refractivity contribution in [3.05, 3.63) is 59.7 Å². The van der Waals surface area contributed by atoms with E-state index in [-0.39, 0.29) is 51.1 Å². The molecule has 2 aliphatic carbocycles. The Morgan fingerprint density at radius 3 is 1.15 bits per heavy atom. The lowest BCUT2D eigenvalue weighted by atomic mass is 9.83. The minimum absolute atomic E-state index is 0.0657. The van der Waals surface area contributed by atoms with Crippen LogP contribution in [0.3, 0.4) is 0 Å². The molecule has 0 spiro atoms. The van der Waals surface area contributed by atoms with Gasteiger partial charge in [0.05, 0.1) is 26.4 Å². The lowest BCUT2D eigenvalue weighted by molar-refractivity contribution is -0.173. The Morgan fingerprint density at radius 2 is 0.900 bits per heavy atom. The van der Waals surface area contributed by atoms with Gasteiger partial charge in [0.25, 0.3) is 0 Å². The van der Waals surface area contributed by atoms with Crippen LogP contribution < -0.4 is 0 Å². The minimum Gasteiger partial charge on any atom is -0.465 e. The lowest BCUT2D eigenvalue weighted by Crippen LogP contribution is -2.40. The molecule has 3 rings (SSSR count). The smallest absolute Gasteiger partial charge is 0.323 e. The van der Waals surface area contributed by atoms with Gasteiger partial charge in [-0.15, -0.1) is 0 Å². The quantitative estimate of drug-likeness (QED) is 0.155. The first-order valence-electron chi connectivity index (χ1n) is 14.2. The highest BCUT2D eigenvalue weighted by Gasteiger charge is 2.56. The highest BCUT2D eigenvalue weighted by atomic mass is 16.6. The van der Waals surface area contributed by atoms with E-state index in [0.29, 0.717) is 25.7 Å². The van der Waals surface area contributed by atoms with Gasteiger partial charge in [-0.2, -0.15) is 0 Å². The number of carbonyl (C=O) groups is 4. The van der Waals surface area contributed by atoms with Crippen molar-refractivity contribution in [3.8, 4) is 0 Å². The first kappa shape index (κ1) is 31.1. The number of benzene rings is 1. The molecule has 1 aromatic carbocycles. The molecule has 0 radical (unpaired) electrons. The molecule has 2 saturated carbocycles. The summed E-state index contributed by atoms with van der Waals surface area (Å²) >= 11 is 0. The van der Waals surface area contributed by atoms with Gasteiger partial charge in [-0.3, -0.25) is 19.2 Å². The summed E-state index contributed by atoms with van der Waals surface area (Å²) in [5.41, 5.74) is 1.08. The standard InChI is InChI=1S/C32H42O8/c1-7-37-27(33)31(28(34)38-8-2)17-21(5)25(19-31)15-23-11-13-24(14-12-23)16-26-20-32(18-22(26)6,29(35)39-9-3)30(36)40-10-4/h11-14,25-26H,5-10,15-20H2,1-4H3. The number of rotatable bonds is 12. The molecular formula is C32H42O8. The summed E-state index contributed by atoms with van der Waals surface area (Å²) in [5.74, 6) is -2.33. The zero-order valence-corrected chi connectivity index (χ0v) is 24.2. The van der Waals surface area contributed by atoms with Gasteiger partial charge in [-0.1, -0.05) is 48.6 Å². The Kier molecular flexibility index (Phi) is 10.3. The first-order valence-corrected chi connectivity index (χ1v) is 14.2. The molecule has 0 amide bonds. The van der Waals surface area contributed by atoms with E-state index in [4.69, 9.17) is 18.9 Å². The van der Waals surface area contributed by atoms with Crippen molar-refractivity contribution in [2.45, 2.75) is 66.2 Å². The van der Waals surface area contributed by atoms with Crippen LogP contribution in [0.4, 0.5) is 0 Å². The summed E-state index contributed by atoms with van der Waals surface area (Å²) < 4.78 is 21.0.